The number of rotatable bonds is 2. The number of fused-ring (bicyclic) bond motifs is 6. The van der Waals surface area contributed by atoms with E-state index < -0.39 is 12.8 Å². The molecule has 0 radical (unpaired) electrons. The van der Waals surface area contributed by atoms with Crippen molar-refractivity contribution in [3.63, 3.8) is 0 Å². The molecule has 0 aliphatic carbocycles. The van der Waals surface area contributed by atoms with Crippen LogP contribution in [0.3, 0.4) is 0 Å². The summed E-state index contributed by atoms with van der Waals surface area (Å²) >= 11 is 0. The average Bonchev–Trinajstić information content (AvgIpc) is 2.42. The lowest BCUT2D eigenvalue weighted by molar-refractivity contribution is -0.270. The van der Waals surface area contributed by atoms with E-state index >= 15 is 0 Å². The second kappa shape index (κ2) is 4.91. The molecule has 0 N–H and O–H groups in total. The maximum atomic E-state index is 5.76. The molecule has 0 saturated carbocycles. The van der Waals surface area contributed by atoms with Gasteiger partial charge in [-0.1, -0.05) is 0 Å². The third-order valence-electron chi connectivity index (χ3n) is 2.37. The van der Waals surface area contributed by atoms with Crippen LogP contribution in [0.2, 0.25) is 0 Å². The van der Waals surface area contributed by atoms with Gasteiger partial charge < -0.3 is 9.47 Å². The van der Waals surface area contributed by atoms with Gasteiger partial charge in [-0.2, -0.15) is 0 Å². The van der Waals surface area contributed by atoms with Gasteiger partial charge in [0, 0.05) is 0 Å². The Kier molecular flexibility index (Phi) is 3.51. The molecule has 3 rings (SSSR count). The van der Waals surface area contributed by atoms with Gasteiger partial charge in [0.15, 0.2) is 0 Å². The number of benzene rings is 1. The van der Waals surface area contributed by atoms with E-state index in [-0.39, 0.29) is 0 Å². The Morgan fingerprint density at radius 3 is 1.41 bits per heavy atom. The zero-order valence-electron chi connectivity index (χ0n) is 10.6. The van der Waals surface area contributed by atoms with Gasteiger partial charge in [0.1, 0.15) is 11.5 Å². The SMILES string of the molecule is CN(C)C1Oc2ccc(cc2)OC(N(C)C)O1. The zero-order valence-corrected chi connectivity index (χ0v) is 10.6. The molecule has 17 heavy (non-hydrogen) atoms. The summed E-state index contributed by atoms with van der Waals surface area (Å²) in [5.74, 6) is 1.52. The molecule has 0 aromatic heterocycles. The smallest absolute Gasteiger partial charge is 0.265 e. The summed E-state index contributed by atoms with van der Waals surface area (Å²) in [6, 6.07) is 7.47. The third-order valence-corrected chi connectivity index (χ3v) is 2.37. The molecule has 2 aliphatic heterocycles. The Morgan fingerprint density at radius 1 is 0.765 bits per heavy atom. The summed E-state index contributed by atoms with van der Waals surface area (Å²) in [5, 5.41) is 0. The Morgan fingerprint density at radius 2 is 1.12 bits per heavy atom. The van der Waals surface area contributed by atoms with Crippen molar-refractivity contribution < 1.29 is 14.2 Å². The first-order chi connectivity index (χ1) is 8.06. The molecule has 2 atom stereocenters. The molecule has 5 heteroatoms. The van der Waals surface area contributed by atoms with Crippen molar-refractivity contribution in [2.45, 2.75) is 12.8 Å². The van der Waals surface area contributed by atoms with Crippen LogP contribution in [-0.2, 0) is 4.74 Å². The van der Waals surface area contributed by atoms with Crippen LogP contribution in [0, 0.1) is 0 Å². The summed E-state index contributed by atoms with van der Waals surface area (Å²) in [6.07, 6.45) is -0.965. The maximum absolute atomic E-state index is 5.76. The normalized spacial score (nSPS) is 23.9. The summed E-state index contributed by atoms with van der Waals surface area (Å²) in [6.45, 7) is 0. The Hall–Kier alpha value is -1.30. The highest BCUT2D eigenvalue weighted by molar-refractivity contribution is 5.31. The van der Waals surface area contributed by atoms with E-state index in [1.165, 1.54) is 0 Å². The van der Waals surface area contributed by atoms with Gasteiger partial charge in [-0.25, -0.2) is 0 Å². The Balaban J connectivity index is 2.26. The van der Waals surface area contributed by atoms with Crippen molar-refractivity contribution in [2.24, 2.45) is 0 Å². The monoisotopic (exact) mass is 238 g/mol. The van der Waals surface area contributed by atoms with Crippen molar-refractivity contribution in [3.8, 4) is 11.5 Å². The van der Waals surface area contributed by atoms with Gasteiger partial charge in [-0.05, 0) is 52.5 Å². The van der Waals surface area contributed by atoms with Gasteiger partial charge in [0.2, 0.25) is 0 Å². The van der Waals surface area contributed by atoms with Gasteiger partial charge in [0.05, 0.1) is 0 Å². The van der Waals surface area contributed by atoms with E-state index in [0.29, 0.717) is 0 Å². The fourth-order valence-corrected chi connectivity index (χ4v) is 1.44. The first-order valence-electron chi connectivity index (χ1n) is 5.48. The Bertz CT molecular complexity index is 330. The summed E-state index contributed by atoms with van der Waals surface area (Å²) in [7, 11) is 7.57. The first kappa shape index (κ1) is 12.2. The average molecular weight is 238 g/mol. The Labute approximate surface area is 101 Å². The van der Waals surface area contributed by atoms with Crippen LogP contribution in [0.4, 0.5) is 0 Å². The largest absolute Gasteiger partial charge is 0.451 e. The molecule has 2 bridgehead atoms. The van der Waals surface area contributed by atoms with Crippen molar-refractivity contribution in [1.29, 1.82) is 0 Å². The molecule has 94 valence electrons. The van der Waals surface area contributed by atoms with Crippen molar-refractivity contribution in [1.82, 2.24) is 9.80 Å². The molecule has 0 spiro atoms. The standard InChI is InChI=1S/C12H18N2O3/c1-13(2)11-15-9-5-7-10(8-6-9)16-12(17-11)14(3)4/h5-8,11-12H,1-4H3. The number of nitrogens with zero attached hydrogens (tertiary/aromatic N) is 2. The highest BCUT2D eigenvalue weighted by atomic mass is 16.8. The van der Waals surface area contributed by atoms with E-state index in [1.54, 1.807) is 0 Å². The summed E-state index contributed by atoms with van der Waals surface area (Å²) in [5.41, 5.74) is 0. The second-order valence-corrected chi connectivity index (χ2v) is 4.38. The third kappa shape index (κ3) is 2.88. The van der Waals surface area contributed by atoms with Crippen LogP contribution in [-0.4, -0.2) is 50.8 Å². The quantitative estimate of drug-likeness (QED) is 0.772. The maximum Gasteiger partial charge on any atom is 0.265 e. The fraction of sp³-hybridized carbons (Fsp3) is 0.500. The van der Waals surface area contributed by atoms with Crippen LogP contribution < -0.4 is 9.47 Å². The molecule has 0 saturated heterocycles. The zero-order chi connectivity index (χ0) is 12.4. The lowest BCUT2D eigenvalue weighted by Gasteiger charge is -2.30. The molecule has 2 unspecified atom stereocenters. The molecule has 5 nitrogen and oxygen atoms in total. The predicted molar refractivity (Wildman–Crippen MR) is 63.7 cm³/mol. The van der Waals surface area contributed by atoms with Crippen molar-refractivity contribution in [2.75, 3.05) is 28.2 Å². The number of ether oxygens (including phenoxy) is 3. The molecule has 1 aromatic carbocycles. The van der Waals surface area contributed by atoms with Crippen molar-refractivity contribution >= 4 is 0 Å². The van der Waals surface area contributed by atoms with Gasteiger partial charge in [-0.3, -0.25) is 14.5 Å². The van der Waals surface area contributed by atoms with E-state index in [9.17, 15) is 0 Å². The second-order valence-electron chi connectivity index (χ2n) is 4.38. The van der Waals surface area contributed by atoms with Crippen LogP contribution in [0.1, 0.15) is 0 Å². The van der Waals surface area contributed by atoms with Crippen LogP contribution in [0.5, 0.6) is 11.5 Å². The van der Waals surface area contributed by atoms with Gasteiger partial charge in [-0.15, -0.1) is 0 Å². The van der Waals surface area contributed by atoms with Crippen LogP contribution in [0.25, 0.3) is 0 Å². The minimum absolute atomic E-state index is 0.482. The molecule has 1 aromatic rings. The molecule has 0 amide bonds. The van der Waals surface area contributed by atoms with E-state index in [2.05, 4.69) is 0 Å². The minimum Gasteiger partial charge on any atom is -0.451 e. The molecule has 2 heterocycles. The lowest BCUT2D eigenvalue weighted by Crippen LogP contribution is -2.45. The van der Waals surface area contributed by atoms with Gasteiger partial charge >= 0.3 is 0 Å². The summed E-state index contributed by atoms with van der Waals surface area (Å²) < 4.78 is 17.2. The lowest BCUT2D eigenvalue weighted by atomic mass is 10.3. The van der Waals surface area contributed by atoms with Crippen LogP contribution in [0.15, 0.2) is 24.3 Å². The number of hydrogen-bond acceptors (Lipinski definition) is 5. The minimum atomic E-state index is -0.482. The van der Waals surface area contributed by atoms with E-state index in [1.807, 2.05) is 62.3 Å². The molecule has 2 aliphatic rings. The summed E-state index contributed by atoms with van der Waals surface area (Å²) in [4.78, 5) is 3.69. The number of hydrogen-bond donors (Lipinski definition) is 0. The van der Waals surface area contributed by atoms with Crippen LogP contribution >= 0.6 is 0 Å². The van der Waals surface area contributed by atoms with Crippen molar-refractivity contribution in [3.05, 3.63) is 24.3 Å². The predicted octanol–water partition coefficient (Wildman–Crippen LogP) is 1.16. The van der Waals surface area contributed by atoms with E-state index in [0.717, 1.165) is 11.5 Å². The van der Waals surface area contributed by atoms with Gasteiger partial charge in [0.25, 0.3) is 12.8 Å². The highest BCUT2D eigenvalue weighted by Crippen LogP contribution is 2.24. The molecular formula is C12H18N2O3. The molecule has 0 fully saturated rings. The van der Waals surface area contributed by atoms with E-state index in [4.69, 9.17) is 14.2 Å². The molecular weight excluding hydrogens is 220 g/mol. The topological polar surface area (TPSA) is 34.2 Å². The highest BCUT2D eigenvalue weighted by Gasteiger charge is 2.24. The fourth-order valence-electron chi connectivity index (χ4n) is 1.44. The first-order valence-corrected chi connectivity index (χ1v) is 5.48.